The van der Waals surface area contributed by atoms with Gasteiger partial charge in [-0.2, -0.15) is 0 Å². The van der Waals surface area contributed by atoms with Crippen LogP contribution in [0.3, 0.4) is 0 Å². The molecule has 0 amide bonds. The van der Waals surface area contributed by atoms with Gasteiger partial charge in [0.1, 0.15) is 0 Å². The van der Waals surface area contributed by atoms with Gasteiger partial charge in [-0.3, -0.25) is 0 Å². The van der Waals surface area contributed by atoms with Gasteiger partial charge in [0.05, 0.1) is 5.75 Å². The molecule has 0 atom stereocenters. The van der Waals surface area contributed by atoms with E-state index in [9.17, 15) is 8.42 Å². The molecule has 0 aliphatic heterocycles. The van der Waals surface area contributed by atoms with E-state index < -0.39 is 10.0 Å². The first-order chi connectivity index (χ1) is 8.36. The average Bonchev–Trinajstić information content (AvgIpc) is 2.36. The van der Waals surface area contributed by atoms with Crippen molar-refractivity contribution in [3.63, 3.8) is 0 Å². The highest BCUT2D eigenvalue weighted by atomic mass is 32.2. The first kappa shape index (κ1) is 15.9. The summed E-state index contributed by atoms with van der Waals surface area (Å²) >= 11 is 0. The van der Waals surface area contributed by atoms with Crippen LogP contribution >= 0.6 is 0 Å². The first-order valence-corrected chi connectivity index (χ1v) is 8.60. The Hall–Kier alpha value is -0.130. The monoisotopic (exact) mass is 276 g/mol. The molecular formula is C13H28N2O2S. The highest BCUT2D eigenvalue weighted by Gasteiger charge is 2.29. The molecule has 1 aliphatic carbocycles. The van der Waals surface area contributed by atoms with E-state index in [-0.39, 0.29) is 11.8 Å². The van der Waals surface area contributed by atoms with Crippen LogP contribution in [-0.2, 0) is 10.0 Å². The van der Waals surface area contributed by atoms with Crippen LogP contribution in [-0.4, -0.2) is 44.7 Å². The maximum atomic E-state index is 12.2. The molecule has 0 aromatic carbocycles. The van der Waals surface area contributed by atoms with E-state index in [2.05, 4.69) is 19.2 Å². The molecule has 0 unspecified atom stereocenters. The van der Waals surface area contributed by atoms with Crippen LogP contribution in [0.4, 0.5) is 0 Å². The van der Waals surface area contributed by atoms with E-state index in [1.165, 1.54) is 0 Å². The third-order valence-electron chi connectivity index (χ3n) is 4.01. The summed E-state index contributed by atoms with van der Waals surface area (Å²) in [5.41, 5.74) is 0. The van der Waals surface area contributed by atoms with Gasteiger partial charge in [-0.25, -0.2) is 12.7 Å². The second-order valence-electron chi connectivity index (χ2n) is 5.81. The summed E-state index contributed by atoms with van der Waals surface area (Å²) in [6, 6.07) is 0.764. The Bertz CT molecular complexity index is 333. The van der Waals surface area contributed by atoms with Crippen LogP contribution in [0.2, 0.25) is 0 Å². The zero-order valence-electron chi connectivity index (χ0n) is 12.1. The zero-order valence-corrected chi connectivity index (χ0v) is 13.0. The Labute approximate surface area is 112 Å². The van der Waals surface area contributed by atoms with E-state index in [0.717, 1.165) is 32.1 Å². The molecule has 0 aromatic heterocycles. The highest BCUT2D eigenvalue weighted by molar-refractivity contribution is 7.89. The third kappa shape index (κ3) is 4.52. The molecule has 108 valence electrons. The molecule has 18 heavy (non-hydrogen) atoms. The van der Waals surface area contributed by atoms with Gasteiger partial charge in [0.2, 0.25) is 10.0 Å². The van der Waals surface area contributed by atoms with Crippen LogP contribution in [0.15, 0.2) is 0 Å². The highest BCUT2D eigenvalue weighted by Crippen LogP contribution is 2.24. The van der Waals surface area contributed by atoms with E-state index >= 15 is 0 Å². The standard InChI is InChI=1S/C13H28N2O2S/c1-11(2)9-10-18(16,17)15(4)13-7-5-12(14-3)6-8-13/h11-14H,5-10H2,1-4H3. The minimum atomic E-state index is -3.07. The van der Waals surface area contributed by atoms with E-state index in [1.807, 2.05) is 7.05 Å². The smallest absolute Gasteiger partial charge is 0.214 e. The molecule has 1 aliphatic rings. The fourth-order valence-electron chi connectivity index (χ4n) is 2.48. The van der Waals surface area contributed by atoms with Gasteiger partial charge in [0, 0.05) is 19.1 Å². The zero-order chi connectivity index (χ0) is 13.8. The molecule has 0 heterocycles. The summed E-state index contributed by atoms with van der Waals surface area (Å²) < 4.78 is 26.0. The Balaban J connectivity index is 2.51. The lowest BCUT2D eigenvalue weighted by Gasteiger charge is -2.34. The fourth-order valence-corrected chi connectivity index (χ4v) is 4.21. The summed E-state index contributed by atoms with van der Waals surface area (Å²) in [6.07, 6.45) is 4.85. The molecule has 1 saturated carbocycles. The number of hydrogen-bond donors (Lipinski definition) is 1. The Kier molecular flexibility index (Phi) is 6.08. The predicted octanol–water partition coefficient (Wildman–Crippen LogP) is 1.82. The number of hydrogen-bond acceptors (Lipinski definition) is 3. The molecule has 0 spiro atoms. The van der Waals surface area contributed by atoms with Gasteiger partial charge in [-0.05, 0) is 45.1 Å². The molecule has 0 aromatic rings. The summed E-state index contributed by atoms with van der Waals surface area (Å²) in [5, 5.41) is 3.27. The van der Waals surface area contributed by atoms with Crippen molar-refractivity contribution < 1.29 is 8.42 Å². The number of sulfonamides is 1. The second kappa shape index (κ2) is 6.87. The normalized spacial score (nSPS) is 25.9. The van der Waals surface area contributed by atoms with Crippen molar-refractivity contribution in [3.8, 4) is 0 Å². The topological polar surface area (TPSA) is 49.4 Å². The average molecular weight is 276 g/mol. The van der Waals surface area contributed by atoms with Crippen LogP contribution in [0.1, 0.15) is 46.0 Å². The lowest BCUT2D eigenvalue weighted by atomic mass is 9.91. The molecule has 0 saturated heterocycles. The summed E-state index contributed by atoms with van der Waals surface area (Å²) in [4.78, 5) is 0. The maximum absolute atomic E-state index is 12.2. The molecule has 5 heteroatoms. The largest absolute Gasteiger partial charge is 0.317 e. The van der Waals surface area contributed by atoms with Gasteiger partial charge in [0.25, 0.3) is 0 Å². The van der Waals surface area contributed by atoms with Crippen LogP contribution in [0.25, 0.3) is 0 Å². The number of nitrogens with one attached hydrogen (secondary N) is 1. The van der Waals surface area contributed by atoms with E-state index in [1.54, 1.807) is 11.4 Å². The van der Waals surface area contributed by atoms with Gasteiger partial charge in [0.15, 0.2) is 0 Å². The molecular weight excluding hydrogens is 248 g/mol. The SMILES string of the molecule is CNC1CCC(N(C)S(=O)(=O)CCC(C)C)CC1. The minimum absolute atomic E-state index is 0.201. The van der Waals surface area contributed by atoms with Gasteiger partial charge < -0.3 is 5.32 Å². The molecule has 1 rings (SSSR count). The fraction of sp³-hybridized carbons (Fsp3) is 1.00. The van der Waals surface area contributed by atoms with Crippen molar-refractivity contribution in [1.29, 1.82) is 0 Å². The van der Waals surface area contributed by atoms with Crippen molar-refractivity contribution in [2.45, 2.75) is 58.0 Å². The number of nitrogens with zero attached hydrogens (tertiary/aromatic N) is 1. The van der Waals surface area contributed by atoms with Crippen molar-refractivity contribution in [2.75, 3.05) is 19.8 Å². The number of rotatable bonds is 6. The van der Waals surface area contributed by atoms with Crippen molar-refractivity contribution in [1.82, 2.24) is 9.62 Å². The van der Waals surface area contributed by atoms with Crippen LogP contribution in [0.5, 0.6) is 0 Å². The van der Waals surface area contributed by atoms with Crippen molar-refractivity contribution in [3.05, 3.63) is 0 Å². The van der Waals surface area contributed by atoms with Crippen molar-refractivity contribution >= 4 is 10.0 Å². The third-order valence-corrected chi connectivity index (χ3v) is 5.94. The molecule has 4 nitrogen and oxygen atoms in total. The molecule has 1 fully saturated rings. The van der Waals surface area contributed by atoms with Crippen LogP contribution in [0, 0.1) is 5.92 Å². The van der Waals surface area contributed by atoms with E-state index in [0.29, 0.717) is 12.0 Å². The van der Waals surface area contributed by atoms with Gasteiger partial charge in [-0.1, -0.05) is 13.8 Å². The maximum Gasteiger partial charge on any atom is 0.214 e. The summed E-state index contributed by atoms with van der Waals surface area (Å²) in [5.74, 6) is 0.723. The van der Waals surface area contributed by atoms with Crippen molar-refractivity contribution in [2.24, 2.45) is 5.92 Å². The van der Waals surface area contributed by atoms with Gasteiger partial charge >= 0.3 is 0 Å². The summed E-state index contributed by atoms with van der Waals surface area (Å²) in [7, 11) is 0.664. The molecule has 0 radical (unpaired) electrons. The Morgan fingerprint density at radius 2 is 1.78 bits per heavy atom. The Morgan fingerprint density at radius 3 is 2.22 bits per heavy atom. The van der Waals surface area contributed by atoms with Gasteiger partial charge in [-0.15, -0.1) is 0 Å². The first-order valence-electron chi connectivity index (χ1n) is 6.99. The van der Waals surface area contributed by atoms with Crippen LogP contribution < -0.4 is 5.32 Å². The lowest BCUT2D eigenvalue weighted by molar-refractivity contribution is 0.254. The minimum Gasteiger partial charge on any atom is -0.317 e. The van der Waals surface area contributed by atoms with E-state index in [4.69, 9.17) is 0 Å². The Morgan fingerprint density at radius 1 is 1.22 bits per heavy atom. The molecule has 0 bridgehead atoms. The predicted molar refractivity (Wildman–Crippen MR) is 76.1 cm³/mol. The quantitative estimate of drug-likeness (QED) is 0.805. The molecule has 1 N–H and O–H groups in total. The second-order valence-corrected chi connectivity index (χ2v) is 7.96. The summed E-state index contributed by atoms with van der Waals surface area (Å²) in [6.45, 7) is 4.13. The lowest BCUT2D eigenvalue weighted by Crippen LogP contribution is -2.43.